The zero-order chi connectivity index (χ0) is 18.6. The molecule has 0 saturated carbocycles. The molecule has 1 aromatic heterocycles. The van der Waals surface area contributed by atoms with Gasteiger partial charge in [-0.15, -0.1) is 0 Å². The lowest BCUT2D eigenvalue weighted by molar-refractivity contribution is -0.134. The summed E-state index contributed by atoms with van der Waals surface area (Å²) in [5.41, 5.74) is 4.47. The van der Waals surface area contributed by atoms with Gasteiger partial charge in [0, 0.05) is 36.3 Å². The highest BCUT2D eigenvalue weighted by Gasteiger charge is 2.26. The Labute approximate surface area is 157 Å². The van der Waals surface area contributed by atoms with E-state index in [1.165, 1.54) is 0 Å². The van der Waals surface area contributed by atoms with Gasteiger partial charge in [-0.05, 0) is 12.1 Å². The van der Waals surface area contributed by atoms with E-state index in [0.29, 0.717) is 24.4 Å². The summed E-state index contributed by atoms with van der Waals surface area (Å²) in [7, 11) is 0. The number of H-pyrrole nitrogens is 1. The average Bonchev–Trinajstić information content (AvgIpc) is 3.16. The Kier molecular flexibility index (Phi) is 4.58. The third-order valence-corrected chi connectivity index (χ3v) is 4.69. The Morgan fingerprint density at radius 3 is 2.78 bits per heavy atom. The fourth-order valence-electron chi connectivity index (χ4n) is 3.26. The molecule has 0 aliphatic carbocycles. The highest BCUT2D eigenvalue weighted by atomic mass is 16.5. The minimum atomic E-state index is -0.103. The highest BCUT2D eigenvalue weighted by molar-refractivity contribution is 5.78. The number of amides is 1. The number of carbonyl (C=O) groups is 1. The minimum absolute atomic E-state index is 0.0907. The van der Waals surface area contributed by atoms with Crippen LogP contribution in [0.3, 0.4) is 0 Å². The summed E-state index contributed by atoms with van der Waals surface area (Å²) < 4.78 is 5.59. The molecule has 1 aliphatic heterocycles. The number of nitrogens with one attached hydrogen (secondary N) is 1. The van der Waals surface area contributed by atoms with Crippen LogP contribution in [0.25, 0.3) is 11.3 Å². The molecular formula is C21H18N4O2. The largest absolute Gasteiger partial charge is 0.482 e. The molecule has 0 saturated heterocycles. The molecule has 0 atom stereocenters. The van der Waals surface area contributed by atoms with Crippen molar-refractivity contribution >= 4 is 5.91 Å². The summed E-state index contributed by atoms with van der Waals surface area (Å²) in [5.74, 6) is 0.327. The van der Waals surface area contributed by atoms with E-state index in [2.05, 4.69) is 16.3 Å². The molecular weight excluding hydrogens is 340 g/mol. The van der Waals surface area contributed by atoms with Gasteiger partial charge in [-0.2, -0.15) is 10.4 Å². The second-order valence-electron chi connectivity index (χ2n) is 6.36. The van der Waals surface area contributed by atoms with Crippen molar-refractivity contribution in [1.29, 1.82) is 5.26 Å². The fraction of sp³-hybridized carbons (Fsp3) is 0.190. The smallest absolute Gasteiger partial charge is 0.260 e. The van der Waals surface area contributed by atoms with Gasteiger partial charge in [0.25, 0.3) is 5.91 Å². The average molecular weight is 358 g/mol. The fourth-order valence-corrected chi connectivity index (χ4v) is 3.26. The Bertz CT molecular complexity index is 1000. The second-order valence-corrected chi connectivity index (χ2v) is 6.36. The van der Waals surface area contributed by atoms with Crippen molar-refractivity contribution in [2.75, 3.05) is 13.2 Å². The first-order valence-corrected chi connectivity index (χ1v) is 8.77. The van der Waals surface area contributed by atoms with Crippen molar-refractivity contribution < 1.29 is 9.53 Å². The molecule has 1 amide bonds. The number of ether oxygens (including phenoxy) is 1. The van der Waals surface area contributed by atoms with Crippen LogP contribution in [0.15, 0.2) is 54.6 Å². The van der Waals surface area contributed by atoms with Crippen LogP contribution in [0.5, 0.6) is 5.75 Å². The lowest BCUT2D eigenvalue weighted by Gasteiger charge is -2.27. The van der Waals surface area contributed by atoms with E-state index in [-0.39, 0.29) is 12.5 Å². The molecule has 3 aromatic rings. The molecule has 6 heteroatoms. The van der Waals surface area contributed by atoms with Crippen molar-refractivity contribution in [2.45, 2.75) is 13.0 Å². The summed E-state index contributed by atoms with van der Waals surface area (Å²) in [6.45, 7) is 1.02. The summed E-state index contributed by atoms with van der Waals surface area (Å²) in [5, 5.41) is 16.7. The quantitative estimate of drug-likeness (QED) is 0.777. The molecule has 1 aliphatic rings. The summed E-state index contributed by atoms with van der Waals surface area (Å²) in [6, 6.07) is 18.9. The molecule has 0 radical (unpaired) electrons. The van der Waals surface area contributed by atoms with Gasteiger partial charge in [-0.3, -0.25) is 9.89 Å². The number of nitrogens with zero attached hydrogens (tertiary/aromatic N) is 3. The maximum Gasteiger partial charge on any atom is 0.260 e. The van der Waals surface area contributed by atoms with Crippen LogP contribution in [0.1, 0.15) is 16.8 Å². The van der Waals surface area contributed by atoms with Crippen molar-refractivity contribution in [3.05, 3.63) is 71.4 Å². The van der Waals surface area contributed by atoms with Crippen LogP contribution in [-0.2, 0) is 17.8 Å². The number of para-hydroxylation sites is 1. The molecule has 134 valence electrons. The normalized spacial score (nSPS) is 12.9. The molecule has 0 unspecified atom stereocenters. The first-order valence-electron chi connectivity index (χ1n) is 8.77. The number of aromatic nitrogens is 2. The lowest BCUT2D eigenvalue weighted by Crippen LogP contribution is -2.38. The Morgan fingerprint density at radius 1 is 1.19 bits per heavy atom. The van der Waals surface area contributed by atoms with Gasteiger partial charge in [0.05, 0.1) is 11.3 Å². The zero-order valence-corrected chi connectivity index (χ0v) is 14.7. The van der Waals surface area contributed by atoms with Crippen molar-refractivity contribution in [1.82, 2.24) is 15.1 Å². The molecule has 0 bridgehead atoms. The molecule has 0 spiro atoms. The number of nitriles is 1. The molecule has 4 rings (SSSR count). The molecule has 0 fully saturated rings. The van der Waals surface area contributed by atoms with E-state index in [4.69, 9.17) is 10.00 Å². The van der Waals surface area contributed by atoms with Crippen molar-refractivity contribution in [3.63, 3.8) is 0 Å². The molecule has 2 heterocycles. The Morgan fingerprint density at radius 2 is 1.96 bits per heavy atom. The number of aromatic amines is 1. The Hall–Kier alpha value is -3.59. The Balaban J connectivity index is 1.47. The predicted octanol–water partition coefficient (Wildman–Crippen LogP) is 2.91. The van der Waals surface area contributed by atoms with E-state index in [1.807, 2.05) is 30.3 Å². The highest BCUT2D eigenvalue weighted by Crippen LogP contribution is 2.28. The third-order valence-electron chi connectivity index (χ3n) is 4.69. The van der Waals surface area contributed by atoms with E-state index in [1.54, 1.807) is 29.2 Å². The first-order chi connectivity index (χ1) is 13.3. The van der Waals surface area contributed by atoms with Gasteiger partial charge in [0.15, 0.2) is 6.61 Å². The molecule has 1 N–H and O–H groups in total. The van der Waals surface area contributed by atoms with E-state index >= 15 is 0 Å². The van der Waals surface area contributed by atoms with Crippen molar-refractivity contribution in [3.8, 4) is 23.1 Å². The van der Waals surface area contributed by atoms with Gasteiger partial charge in [-0.25, -0.2) is 0 Å². The number of fused-ring (bicyclic) bond motifs is 1. The second kappa shape index (κ2) is 7.34. The number of hydrogen-bond donors (Lipinski definition) is 1. The first kappa shape index (κ1) is 16.9. The number of rotatable bonds is 4. The van der Waals surface area contributed by atoms with Gasteiger partial charge >= 0.3 is 0 Å². The van der Waals surface area contributed by atoms with Crippen LogP contribution in [0.2, 0.25) is 0 Å². The summed E-state index contributed by atoms with van der Waals surface area (Å²) in [6.07, 6.45) is 0.732. The monoisotopic (exact) mass is 358 g/mol. The predicted molar refractivity (Wildman–Crippen MR) is 99.8 cm³/mol. The van der Waals surface area contributed by atoms with E-state index in [0.717, 1.165) is 28.9 Å². The lowest BCUT2D eigenvalue weighted by atomic mass is 10.0. The number of benzene rings is 2. The number of carbonyl (C=O) groups excluding carboxylic acids is 1. The SMILES string of the molecule is N#Cc1ccccc1OCC(=O)N1CCc2[nH]nc(-c3ccccc3)c2C1. The van der Waals surface area contributed by atoms with Gasteiger partial charge in [-0.1, -0.05) is 42.5 Å². The van der Waals surface area contributed by atoms with Gasteiger partial charge < -0.3 is 9.64 Å². The van der Waals surface area contributed by atoms with Crippen LogP contribution in [-0.4, -0.2) is 34.2 Å². The number of hydrogen-bond acceptors (Lipinski definition) is 4. The van der Waals surface area contributed by atoms with E-state index < -0.39 is 0 Å². The van der Waals surface area contributed by atoms with Crippen LogP contribution in [0, 0.1) is 11.3 Å². The van der Waals surface area contributed by atoms with Crippen LogP contribution in [0.4, 0.5) is 0 Å². The van der Waals surface area contributed by atoms with Crippen LogP contribution < -0.4 is 4.74 Å². The summed E-state index contributed by atoms with van der Waals surface area (Å²) >= 11 is 0. The zero-order valence-electron chi connectivity index (χ0n) is 14.7. The van der Waals surface area contributed by atoms with Gasteiger partial charge in [0.1, 0.15) is 11.8 Å². The van der Waals surface area contributed by atoms with Crippen molar-refractivity contribution in [2.24, 2.45) is 0 Å². The van der Waals surface area contributed by atoms with E-state index in [9.17, 15) is 4.79 Å². The standard InChI is InChI=1S/C21H18N4O2/c22-12-16-8-4-5-9-19(16)27-14-20(26)25-11-10-18-17(13-25)21(24-23-18)15-6-2-1-3-7-15/h1-9H,10-11,13-14H2,(H,23,24). The maximum absolute atomic E-state index is 12.6. The summed E-state index contributed by atoms with van der Waals surface area (Å²) in [4.78, 5) is 14.4. The minimum Gasteiger partial charge on any atom is -0.482 e. The third kappa shape index (κ3) is 3.40. The molecule has 6 nitrogen and oxygen atoms in total. The molecule has 2 aromatic carbocycles. The maximum atomic E-state index is 12.6. The van der Waals surface area contributed by atoms with Crippen LogP contribution >= 0.6 is 0 Å². The molecule has 27 heavy (non-hydrogen) atoms. The van der Waals surface area contributed by atoms with Gasteiger partial charge in [0.2, 0.25) is 0 Å². The topological polar surface area (TPSA) is 82.0 Å².